The van der Waals surface area contributed by atoms with Crippen molar-refractivity contribution < 1.29 is 54.6 Å². The average Bonchev–Trinajstić information content (AvgIpc) is 2.90. The molecular weight excluding hydrogens is 534 g/mol. The molecular formula is C23H19F8N3O4. The number of alkyl halides is 8. The summed E-state index contributed by atoms with van der Waals surface area (Å²) >= 11 is 0. The average molecular weight is 553 g/mol. The molecule has 2 aromatic carbocycles. The Kier molecular flexibility index (Phi) is 7.47. The number of carbonyl (C=O) groups is 3. The summed E-state index contributed by atoms with van der Waals surface area (Å²) in [6.45, 7) is -3.62. The van der Waals surface area contributed by atoms with Crippen molar-refractivity contribution in [3.05, 3.63) is 54.1 Å². The van der Waals surface area contributed by atoms with E-state index in [1.165, 1.54) is 48.5 Å². The zero-order chi connectivity index (χ0) is 28.7. The largest absolute Gasteiger partial charge is 0.455 e. The fourth-order valence-electron chi connectivity index (χ4n) is 3.66. The van der Waals surface area contributed by atoms with Crippen LogP contribution in [0.3, 0.4) is 0 Å². The van der Waals surface area contributed by atoms with Crippen LogP contribution in [0.2, 0.25) is 0 Å². The molecule has 38 heavy (non-hydrogen) atoms. The van der Waals surface area contributed by atoms with Crippen LogP contribution in [-0.4, -0.2) is 59.8 Å². The van der Waals surface area contributed by atoms with Gasteiger partial charge in [-0.05, 0) is 24.1 Å². The molecule has 0 saturated heterocycles. The third-order valence-corrected chi connectivity index (χ3v) is 5.65. The van der Waals surface area contributed by atoms with Gasteiger partial charge in [0, 0.05) is 5.56 Å². The summed E-state index contributed by atoms with van der Waals surface area (Å²) in [5.41, 5.74) is -3.07. The van der Waals surface area contributed by atoms with Gasteiger partial charge in [0.15, 0.2) is 0 Å². The molecule has 2 atom stereocenters. The normalized spacial score (nSPS) is 17.6. The van der Waals surface area contributed by atoms with Crippen LogP contribution < -0.4 is 15.5 Å². The third-order valence-electron chi connectivity index (χ3n) is 5.65. The Morgan fingerprint density at radius 3 is 2.03 bits per heavy atom. The molecule has 0 bridgehead atoms. The van der Waals surface area contributed by atoms with Gasteiger partial charge in [0.1, 0.15) is 12.6 Å². The summed E-state index contributed by atoms with van der Waals surface area (Å²) in [4.78, 5) is 38.7. The summed E-state index contributed by atoms with van der Waals surface area (Å²) in [7, 11) is 0. The van der Waals surface area contributed by atoms with Gasteiger partial charge < -0.3 is 20.6 Å². The molecule has 0 spiro atoms. The topological polar surface area (TPSA) is 98.7 Å². The number of nitrogens with zero attached hydrogens (tertiary/aromatic N) is 1. The van der Waals surface area contributed by atoms with Crippen LogP contribution in [0.25, 0.3) is 11.1 Å². The number of rotatable bonds is 6. The van der Waals surface area contributed by atoms with E-state index in [-0.39, 0.29) is 22.4 Å². The number of hydrogen-bond donors (Lipinski definition) is 3. The van der Waals surface area contributed by atoms with Crippen molar-refractivity contribution in [1.29, 1.82) is 0 Å². The predicted molar refractivity (Wildman–Crippen MR) is 116 cm³/mol. The van der Waals surface area contributed by atoms with Crippen LogP contribution in [0.15, 0.2) is 48.5 Å². The standard InChI is InChI=1S/C23H19F8N3O4/c1-20(38,18(36)32-10-21(24,25)23(29,30)31)19(37)33-16-14-8-3-2-6-12(14)13-7-4-5-9-15(13)34(17(16)35)11-22(26,27)28/h2-9,16,38H,10-11H2,1H3,(H,32,36)(H,33,37)/t16-,20-/m0/s1. The molecule has 3 amide bonds. The van der Waals surface area contributed by atoms with E-state index in [4.69, 9.17) is 0 Å². The Morgan fingerprint density at radius 1 is 0.895 bits per heavy atom. The number of nitrogens with one attached hydrogen (secondary N) is 2. The number of anilines is 1. The molecule has 1 aliphatic heterocycles. The molecule has 0 fully saturated rings. The third kappa shape index (κ3) is 5.71. The van der Waals surface area contributed by atoms with E-state index < -0.39 is 60.7 Å². The van der Waals surface area contributed by atoms with Crippen LogP contribution in [0.4, 0.5) is 40.8 Å². The van der Waals surface area contributed by atoms with Crippen molar-refractivity contribution >= 4 is 23.4 Å². The second kappa shape index (κ2) is 9.85. The Hall–Kier alpha value is -3.75. The number of halogens is 8. The number of amides is 3. The molecule has 1 heterocycles. The van der Waals surface area contributed by atoms with Crippen LogP contribution in [0.5, 0.6) is 0 Å². The van der Waals surface area contributed by atoms with Gasteiger partial charge in [-0.1, -0.05) is 42.5 Å². The Morgan fingerprint density at radius 2 is 1.45 bits per heavy atom. The summed E-state index contributed by atoms with van der Waals surface area (Å²) in [5.74, 6) is -10.4. The molecule has 2 aromatic rings. The highest BCUT2D eigenvalue weighted by molar-refractivity contribution is 6.11. The number of carbonyl (C=O) groups excluding carboxylic acids is 3. The molecule has 206 valence electrons. The molecule has 0 aliphatic carbocycles. The maximum Gasteiger partial charge on any atom is 0.455 e. The van der Waals surface area contributed by atoms with Gasteiger partial charge in [0.05, 0.1) is 12.2 Å². The minimum atomic E-state index is -6.04. The first kappa shape index (κ1) is 28.8. The maximum absolute atomic E-state index is 13.4. The van der Waals surface area contributed by atoms with Gasteiger partial charge in [0.25, 0.3) is 17.7 Å². The fraction of sp³-hybridized carbons (Fsp3) is 0.348. The van der Waals surface area contributed by atoms with Crippen LogP contribution in [0.1, 0.15) is 18.5 Å². The van der Waals surface area contributed by atoms with E-state index in [2.05, 4.69) is 0 Å². The van der Waals surface area contributed by atoms with Gasteiger partial charge >= 0.3 is 18.3 Å². The lowest BCUT2D eigenvalue weighted by Crippen LogP contribution is -2.59. The van der Waals surface area contributed by atoms with E-state index in [1.54, 1.807) is 0 Å². The number of hydrogen-bond acceptors (Lipinski definition) is 4. The molecule has 0 aromatic heterocycles. The monoisotopic (exact) mass is 553 g/mol. The van der Waals surface area contributed by atoms with Crippen molar-refractivity contribution in [1.82, 2.24) is 10.6 Å². The first-order valence-corrected chi connectivity index (χ1v) is 10.7. The molecule has 15 heteroatoms. The van der Waals surface area contributed by atoms with Gasteiger partial charge in [-0.2, -0.15) is 35.1 Å². The second-order valence-electron chi connectivity index (χ2n) is 8.51. The Bertz CT molecular complexity index is 1240. The van der Waals surface area contributed by atoms with Crippen molar-refractivity contribution in [2.75, 3.05) is 18.0 Å². The SMILES string of the molecule is C[C@](O)(C(=O)NCC(F)(F)C(F)(F)F)C(=O)N[C@@H]1C(=O)N(CC(F)(F)F)c2ccccc2-c2ccccc21. The quantitative estimate of drug-likeness (QED) is 0.377. The maximum atomic E-state index is 13.4. The number of benzene rings is 2. The van der Waals surface area contributed by atoms with E-state index in [0.717, 1.165) is 5.32 Å². The lowest BCUT2D eigenvalue weighted by molar-refractivity contribution is -0.278. The number of para-hydroxylation sites is 1. The van der Waals surface area contributed by atoms with E-state index in [1.807, 2.05) is 5.32 Å². The molecule has 0 radical (unpaired) electrons. The molecule has 0 unspecified atom stereocenters. The van der Waals surface area contributed by atoms with Crippen molar-refractivity contribution in [2.24, 2.45) is 0 Å². The van der Waals surface area contributed by atoms with Gasteiger partial charge in [-0.15, -0.1) is 0 Å². The Balaban J connectivity index is 1.96. The summed E-state index contributed by atoms with van der Waals surface area (Å²) in [6, 6.07) is 9.28. The van der Waals surface area contributed by atoms with Crippen molar-refractivity contribution in [3.63, 3.8) is 0 Å². The van der Waals surface area contributed by atoms with Gasteiger partial charge in [-0.3, -0.25) is 14.4 Å². The van der Waals surface area contributed by atoms with Crippen LogP contribution in [-0.2, 0) is 14.4 Å². The minimum absolute atomic E-state index is 0.0252. The minimum Gasteiger partial charge on any atom is -0.372 e. The summed E-state index contributed by atoms with van der Waals surface area (Å²) < 4.78 is 104. The number of fused-ring (bicyclic) bond motifs is 3. The lowest BCUT2D eigenvalue weighted by atomic mass is 9.94. The van der Waals surface area contributed by atoms with Crippen molar-refractivity contribution in [2.45, 2.75) is 36.8 Å². The highest BCUT2D eigenvalue weighted by Crippen LogP contribution is 2.41. The zero-order valence-corrected chi connectivity index (χ0v) is 19.3. The van der Waals surface area contributed by atoms with E-state index >= 15 is 0 Å². The van der Waals surface area contributed by atoms with Crippen LogP contribution in [0, 0.1) is 0 Å². The fourth-order valence-corrected chi connectivity index (χ4v) is 3.66. The predicted octanol–water partition coefficient (Wildman–Crippen LogP) is 3.48. The molecule has 3 rings (SSSR count). The Labute approximate surface area is 209 Å². The lowest BCUT2D eigenvalue weighted by Gasteiger charge is -2.29. The van der Waals surface area contributed by atoms with E-state index in [0.29, 0.717) is 11.8 Å². The smallest absolute Gasteiger partial charge is 0.372 e. The number of aliphatic hydroxyl groups is 1. The highest BCUT2D eigenvalue weighted by atomic mass is 19.4. The molecule has 0 saturated carbocycles. The van der Waals surface area contributed by atoms with Crippen LogP contribution >= 0.6 is 0 Å². The molecule has 7 nitrogen and oxygen atoms in total. The van der Waals surface area contributed by atoms with E-state index in [9.17, 15) is 54.6 Å². The second-order valence-corrected chi connectivity index (χ2v) is 8.51. The molecule has 3 N–H and O–H groups in total. The first-order valence-electron chi connectivity index (χ1n) is 10.7. The van der Waals surface area contributed by atoms with Crippen molar-refractivity contribution in [3.8, 4) is 11.1 Å². The summed E-state index contributed by atoms with van der Waals surface area (Å²) in [5, 5.41) is 13.4. The summed E-state index contributed by atoms with van der Waals surface area (Å²) in [6.07, 6.45) is -10.9. The van der Waals surface area contributed by atoms with Gasteiger partial charge in [0.2, 0.25) is 5.60 Å². The zero-order valence-electron chi connectivity index (χ0n) is 19.3. The van der Waals surface area contributed by atoms with Gasteiger partial charge in [-0.25, -0.2) is 0 Å². The highest BCUT2D eigenvalue weighted by Gasteiger charge is 2.58. The molecule has 1 aliphatic rings. The first-order chi connectivity index (χ1) is 17.4.